The van der Waals surface area contributed by atoms with Crippen LogP contribution in [-0.4, -0.2) is 9.97 Å². The van der Waals surface area contributed by atoms with Gasteiger partial charge in [0.1, 0.15) is 17.9 Å². The largest absolute Gasteiger partial charge is 0.438 e. The summed E-state index contributed by atoms with van der Waals surface area (Å²) in [5.41, 5.74) is 4.41. The lowest BCUT2D eigenvalue weighted by Gasteiger charge is -2.15. The molecule has 5 nitrogen and oxygen atoms in total. The van der Waals surface area contributed by atoms with Crippen LogP contribution in [0.2, 0.25) is 0 Å². The average molecular weight is 337 g/mol. The van der Waals surface area contributed by atoms with Crippen LogP contribution in [0, 0.1) is 6.92 Å². The van der Waals surface area contributed by atoms with Gasteiger partial charge in [0.2, 0.25) is 5.88 Å². The van der Waals surface area contributed by atoms with E-state index in [-0.39, 0.29) is 0 Å². The van der Waals surface area contributed by atoms with Gasteiger partial charge in [0.15, 0.2) is 0 Å². The van der Waals surface area contributed by atoms with Gasteiger partial charge in [-0.25, -0.2) is 15.8 Å². The molecule has 0 radical (unpaired) electrons. The van der Waals surface area contributed by atoms with Gasteiger partial charge in [0.05, 0.1) is 5.56 Å². The molecule has 0 aliphatic heterocycles. The highest BCUT2D eigenvalue weighted by molar-refractivity contribution is 9.10. The van der Waals surface area contributed by atoms with Crippen LogP contribution in [0.3, 0.4) is 0 Å². The quantitative estimate of drug-likeness (QED) is 0.657. The van der Waals surface area contributed by atoms with Crippen molar-refractivity contribution in [2.75, 3.05) is 5.43 Å². The number of ether oxygens (including phenoxy) is 1. The van der Waals surface area contributed by atoms with Crippen molar-refractivity contribution in [3.05, 3.63) is 40.1 Å². The maximum Gasteiger partial charge on any atom is 0.227 e. The Morgan fingerprint density at radius 2 is 2.05 bits per heavy atom. The van der Waals surface area contributed by atoms with E-state index in [1.54, 1.807) is 0 Å². The van der Waals surface area contributed by atoms with Crippen LogP contribution in [-0.2, 0) is 0 Å². The third-order valence-corrected chi connectivity index (χ3v) is 3.47. The summed E-state index contributed by atoms with van der Waals surface area (Å²) in [4.78, 5) is 8.20. The van der Waals surface area contributed by atoms with Crippen molar-refractivity contribution in [3.8, 4) is 11.6 Å². The number of nitrogen functional groups attached to an aromatic ring is 1. The Labute approximate surface area is 126 Å². The maximum atomic E-state index is 5.93. The lowest BCUT2D eigenvalue weighted by atomic mass is 10.0. The van der Waals surface area contributed by atoms with E-state index in [9.17, 15) is 0 Å². The molecule has 3 N–H and O–H groups in total. The summed E-state index contributed by atoms with van der Waals surface area (Å²) in [5, 5.41) is 0. The zero-order valence-electron chi connectivity index (χ0n) is 11.6. The second-order valence-corrected chi connectivity index (χ2v) is 5.65. The number of halogens is 1. The summed E-state index contributed by atoms with van der Waals surface area (Å²) >= 11 is 3.48. The molecule has 6 heteroatoms. The van der Waals surface area contributed by atoms with Gasteiger partial charge < -0.3 is 10.2 Å². The van der Waals surface area contributed by atoms with Crippen molar-refractivity contribution in [2.24, 2.45) is 5.84 Å². The van der Waals surface area contributed by atoms with Gasteiger partial charge >= 0.3 is 0 Å². The van der Waals surface area contributed by atoms with Gasteiger partial charge in [0.25, 0.3) is 0 Å². The molecule has 0 amide bonds. The van der Waals surface area contributed by atoms with E-state index >= 15 is 0 Å². The van der Waals surface area contributed by atoms with Crippen molar-refractivity contribution in [2.45, 2.75) is 26.7 Å². The first-order chi connectivity index (χ1) is 9.52. The molecule has 1 aromatic carbocycles. The second kappa shape index (κ2) is 6.19. The van der Waals surface area contributed by atoms with Crippen LogP contribution >= 0.6 is 15.9 Å². The summed E-state index contributed by atoms with van der Waals surface area (Å²) in [7, 11) is 0. The van der Waals surface area contributed by atoms with E-state index in [0.717, 1.165) is 21.3 Å². The fourth-order valence-corrected chi connectivity index (χ4v) is 2.23. The highest BCUT2D eigenvalue weighted by atomic mass is 79.9. The molecule has 0 fully saturated rings. The number of anilines is 1. The van der Waals surface area contributed by atoms with E-state index in [1.807, 2.05) is 19.1 Å². The predicted molar refractivity (Wildman–Crippen MR) is 82.9 cm³/mol. The normalized spacial score (nSPS) is 10.7. The van der Waals surface area contributed by atoms with Gasteiger partial charge in [0, 0.05) is 4.47 Å². The van der Waals surface area contributed by atoms with Crippen molar-refractivity contribution in [1.29, 1.82) is 0 Å². The number of nitrogens with one attached hydrogen (secondary N) is 1. The molecule has 1 heterocycles. The average Bonchev–Trinajstić information content (AvgIpc) is 2.42. The van der Waals surface area contributed by atoms with Crippen LogP contribution in [0.1, 0.15) is 30.9 Å². The zero-order chi connectivity index (χ0) is 14.7. The van der Waals surface area contributed by atoms with Gasteiger partial charge in [-0.1, -0.05) is 29.8 Å². The maximum absolute atomic E-state index is 5.93. The minimum absolute atomic E-state index is 0.344. The molecule has 0 aliphatic rings. The minimum Gasteiger partial charge on any atom is -0.438 e. The monoisotopic (exact) mass is 336 g/mol. The molecule has 0 saturated carbocycles. The molecular formula is C14H17BrN4O. The molecule has 0 atom stereocenters. The lowest BCUT2D eigenvalue weighted by Crippen LogP contribution is -2.11. The molecule has 1 aromatic heterocycles. The molecule has 2 rings (SSSR count). The lowest BCUT2D eigenvalue weighted by molar-refractivity contribution is 0.449. The predicted octanol–water partition coefficient (Wildman–Crippen LogP) is 3.75. The molecule has 0 aliphatic carbocycles. The molecule has 20 heavy (non-hydrogen) atoms. The summed E-state index contributed by atoms with van der Waals surface area (Å²) in [6.45, 7) is 6.10. The minimum atomic E-state index is 0.344. The zero-order valence-corrected chi connectivity index (χ0v) is 13.2. The van der Waals surface area contributed by atoms with Gasteiger partial charge in [-0.15, -0.1) is 0 Å². The Kier molecular flexibility index (Phi) is 4.57. The third-order valence-electron chi connectivity index (χ3n) is 2.98. The topological polar surface area (TPSA) is 73.1 Å². The Morgan fingerprint density at radius 1 is 1.30 bits per heavy atom. The highest BCUT2D eigenvalue weighted by Crippen LogP contribution is 2.33. The number of benzene rings is 1. The van der Waals surface area contributed by atoms with Crippen LogP contribution < -0.4 is 16.0 Å². The molecule has 2 aromatic rings. The summed E-state index contributed by atoms with van der Waals surface area (Å²) in [5.74, 6) is 7.59. The molecular weight excluding hydrogens is 320 g/mol. The van der Waals surface area contributed by atoms with Crippen molar-refractivity contribution in [1.82, 2.24) is 9.97 Å². The summed E-state index contributed by atoms with van der Waals surface area (Å²) < 4.78 is 6.96. The van der Waals surface area contributed by atoms with E-state index in [2.05, 4.69) is 51.2 Å². The fraction of sp³-hybridized carbons (Fsp3) is 0.286. The first-order valence-corrected chi connectivity index (χ1v) is 7.07. The highest BCUT2D eigenvalue weighted by Gasteiger charge is 2.13. The number of nitrogens with two attached hydrogens (primary N) is 1. The number of rotatable bonds is 4. The Hall–Kier alpha value is -1.66. The van der Waals surface area contributed by atoms with Gasteiger partial charge in [-0.2, -0.15) is 0 Å². The van der Waals surface area contributed by atoms with E-state index in [0.29, 0.717) is 17.6 Å². The first kappa shape index (κ1) is 14.7. The SMILES string of the molecule is Cc1c(NN)ncnc1Oc1ccc(Br)cc1C(C)C. The second-order valence-electron chi connectivity index (χ2n) is 4.74. The molecule has 106 valence electrons. The number of hydrazine groups is 1. The van der Waals surface area contributed by atoms with Crippen LogP contribution in [0.15, 0.2) is 29.0 Å². The number of nitrogens with zero attached hydrogens (tertiary/aromatic N) is 2. The van der Waals surface area contributed by atoms with E-state index in [4.69, 9.17) is 10.6 Å². The number of hydrogen-bond donors (Lipinski definition) is 2. The Balaban J connectivity index is 2.40. The Bertz CT molecular complexity index is 616. The molecule has 0 unspecified atom stereocenters. The third kappa shape index (κ3) is 3.08. The smallest absolute Gasteiger partial charge is 0.227 e. The molecule has 0 saturated heterocycles. The van der Waals surface area contributed by atoms with E-state index < -0.39 is 0 Å². The van der Waals surface area contributed by atoms with E-state index in [1.165, 1.54) is 6.33 Å². The fourth-order valence-electron chi connectivity index (χ4n) is 1.85. The standard InChI is InChI=1S/C14H17BrN4O/c1-8(2)11-6-10(15)4-5-12(11)20-14-9(3)13(19-16)17-7-18-14/h4-8H,16H2,1-3H3,(H,17,18,19). The molecule has 0 spiro atoms. The number of hydrogen-bond acceptors (Lipinski definition) is 5. The van der Waals surface area contributed by atoms with Crippen LogP contribution in [0.5, 0.6) is 11.6 Å². The van der Waals surface area contributed by atoms with Crippen LogP contribution in [0.25, 0.3) is 0 Å². The van der Waals surface area contributed by atoms with Crippen molar-refractivity contribution in [3.63, 3.8) is 0 Å². The first-order valence-electron chi connectivity index (χ1n) is 6.28. The van der Waals surface area contributed by atoms with Crippen molar-refractivity contribution >= 4 is 21.7 Å². The van der Waals surface area contributed by atoms with Crippen LogP contribution in [0.4, 0.5) is 5.82 Å². The number of aromatic nitrogens is 2. The molecule has 0 bridgehead atoms. The Morgan fingerprint density at radius 3 is 2.70 bits per heavy atom. The van der Waals surface area contributed by atoms with Gasteiger partial charge in [-0.3, -0.25) is 0 Å². The summed E-state index contributed by atoms with van der Waals surface area (Å²) in [6.07, 6.45) is 1.42. The summed E-state index contributed by atoms with van der Waals surface area (Å²) in [6, 6.07) is 5.93. The van der Waals surface area contributed by atoms with Gasteiger partial charge in [-0.05, 0) is 36.6 Å². The van der Waals surface area contributed by atoms with Crippen molar-refractivity contribution < 1.29 is 4.74 Å².